The fourth-order valence-electron chi connectivity index (χ4n) is 3.81. The van der Waals surface area contributed by atoms with Crippen molar-refractivity contribution in [2.24, 2.45) is 5.92 Å². The van der Waals surface area contributed by atoms with E-state index in [0.29, 0.717) is 18.1 Å². The fourth-order valence-corrected chi connectivity index (χ4v) is 3.81. The number of benzene rings is 1. The van der Waals surface area contributed by atoms with Gasteiger partial charge in [0, 0.05) is 12.3 Å². The van der Waals surface area contributed by atoms with E-state index < -0.39 is 0 Å². The summed E-state index contributed by atoms with van der Waals surface area (Å²) in [4.78, 5) is 0. The van der Waals surface area contributed by atoms with Crippen molar-refractivity contribution in [1.29, 1.82) is 0 Å². The molecule has 3 heteroatoms. The third kappa shape index (κ3) is 1.52. The Morgan fingerprint density at radius 2 is 1.95 bits per heavy atom. The largest absolute Gasteiger partial charge is 0.508 e. The van der Waals surface area contributed by atoms with Crippen LogP contribution in [-0.2, 0) is 6.42 Å². The molecule has 1 aromatic rings. The molecular formula is C17H16O3. The highest BCUT2D eigenvalue weighted by Crippen LogP contribution is 2.52. The summed E-state index contributed by atoms with van der Waals surface area (Å²) in [6, 6.07) is 5.57. The second kappa shape index (κ2) is 3.92. The highest BCUT2D eigenvalue weighted by molar-refractivity contribution is 5.57. The lowest BCUT2D eigenvalue weighted by atomic mass is 9.74. The number of aryl methyl sites for hydroxylation is 1. The molecule has 3 aliphatic rings. The Kier molecular flexibility index (Phi) is 2.28. The van der Waals surface area contributed by atoms with E-state index in [1.165, 1.54) is 11.1 Å². The Bertz CT molecular complexity index is 694. The van der Waals surface area contributed by atoms with E-state index >= 15 is 0 Å². The number of phenolic OH excluding ortho intramolecular Hbond substituents is 1. The number of allylic oxidation sites excluding steroid dienone is 4. The van der Waals surface area contributed by atoms with Crippen LogP contribution >= 0.6 is 0 Å². The molecule has 0 amide bonds. The van der Waals surface area contributed by atoms with Gasteiger partial charge in [0.05, 0.1) is 0 Å². The maximum atomic E-state index is 9.79. The Hall–Kier alpha value is -2.16. The summed E-state index contributed by atoms with van der Waals surface area (Å²) in [5, 5.41) is 29.1. The quantitative estimate of drug-likeness (QED) is 0.673. The standard InChI is InChI=1S/C17H16O3/c18-12-3-4-13-9(6-12)1-2-10-5-11-7-15(19)16(20)8-14(11)17(10)13/h3-6,8,10,17-20H,1-2,7H2/t10-,17+/m1/s1. The van der Waals surface area contributed by atoms with E-state index in [0.717, 1.165) is 24.0 Å². The van der Waals surface area contributed by atoms with Crippen LogP contribution in [0.15, 0.2) is 53.0 Å². The monoisotopic (exact) mass is 268 g/mol. The highest BCUT2D eigenvalue weighted by Gasteiger charge is 2.39. The summed E-state index contributed by atoms with van der Waals surface area (Å²) in [5.74, 6) is 1.05. The van der Waals surface area contributed by atoms with Crippen molar-refractivity contribution in [1.82, 2.24) is 0 Å². The second-order valence-electron chi connectivity index (χ2n) is 5.86. The third-order valence-corrected chi connectivity index (χ3v) is 4.70. The Morgan fingerprint density at radius 3 is 2.80 bits per heavy atom. The minimum Gasteiger partial charge on any atom is -0.508 e. The average Bonchev–Trinajstić information content (AvgIpc) is 2.77. The van der Waals surface area contributed by atoms with Crippen molar-refractivity contribution in [2.45, 2.75) is 25.2 Å². The van der Waals surface area contributed by atoms with Crippen LogP contribution < -0.4 is 0 Å². The molecule has 0 radical (unpaired) electrons. The normalized spacial score (nSPS) is 27.4. The Labute approximate surface area is 117 Å². The average molecular weight is 268 g/mol. The van der Waals surface area contributed by atoms with Gasteiger partial charge in [0.1, 0.15) is 11.5 Å². The molecule has 0 spiro atoms. The van der Waals surface area contributed by atoms with Gasteiger partial charge >= 0.3 is 0 Å². The number of fused-ring (bicyclic) bond motifs is 5. The topological polar surface area (TPSA) is 60.7 Å². The predicted molar refractivity (Wildman–Crippen MR) is 75.7 cm³/mol. The fraction of sp³-hybridized carbons (Fsp3) is 0.294. The molecule has 20 heavy (non-hydrogen) atoms. The van der Waals surface area contributed by atoms with Gasteiger partial charge in [0.15, 0.2) is 5.76 Å². The van der Waals surface area contributed by atoms with E-state index in [-0.39, 0.29) is 17.4 Å². The number of aliphatic hydroxyl groups is 2. The maximum absolute atomic E-state index is 9.79. The summed E-state index contributed by atoms with van der Waals surface area (Å²) in [6.07, 6.45) is 6.39. The smallest absolute Gasteiger partial charge is 0.153 e. The molecule has 0 fully saturated rings. The van der Waals surface area contributed by atoms with E-state index in [1.807, 2.05) is 12.1 Å². The lowest BCUT2D eigenvalue weighted by Gasteiger charge is -2.30. The Balaban J connectivity index is 1.85. The SMILES string of the molecule is OC1=C(O)CC2=C[C@H]3CCc4cc(O)ccc4[C@H]3C2=C1. The van der Waals surface area contributed by atoms with Crippen molar-refractivity contribution in [2.75, 3.05) is 0 Å². The van der Waals surface area contributed by atoms with Crippen molar-refractivity contribution in [3.05, 3.63) is 64.1 Å². The van der Waals surface area contributed by atoms with Crippen molar-refractivity contribution < 1.29 is 15.3 Å². The summed E-state index contributed by atoms with van der Waals surface area (Å²) < 4.78 is 0. The van der Waals surface area contributed by atoms with Gasteiger partial charge in [0.25, 0.3) is 0 Å². The number of aliphatic hydroxyl groups excluding tert-OH is 2. The minimum atomic E-state index is -0.0105. The van der Waals surface area contributed by atoms with Gasteiger partial charge in [-0.2, -0.15) is 0 Å². The zero-order valence-corrected chi connectivity index (χ0v) is 11.0. The molecule has 3 nitrogen and oxygen atoms in total. The molecule has 2 atom stereocenters. The number of hydrogen-bond acceptors (Lipinski definition) is 3. The maximum Gasteiger partial charge on any atom is 0.153 e. The number of phenols is 1. The zero-order valence-electron chi connectivity index (χ0n) is 11.0. The molecule has 3 aliphatic carbocycles. The molecule has 0 heterocycles. The van der Waals surface area contributed by atoms with Gasteiger partial charge in [-0.1, -0.05) is 12.1 Å². The minimum absolute atomic E-state index is 0.0105. The van der Waals surface area contributed by atoms with E-state index in [9.17, 15) is 15.3 Å². The predicted octanol–water partition coefficient (Wildman–Crippen LogP) is 3.64. The lowest BCUT2D eigenvalue weighted by molar-refractivity contribution is 0.325. The van der Waals surface area contributed by atoms with Gasteiger partial charge in [0.2, 0.25) is 0 Å². The first-order chi connectivity index (χ1) is 9.63. The van der Waals surface area contributed by atoms with E-state index in [1.54, 1.807) is 12.1 Å². The number of aromatic hydroxyl groups is 1. The van der Waals surface area contributed by atoms with E-state index in [2.05, 4.69) is 6.08 Å². The van der Waals surface area contributed by atoms with Crippen LogP contribution in [0.2, 0.25) is 0 Å². The van der Waals surface area contributed by atoms with Crippen LogP contribution in [0.5, 0.6) is 5.75 Å². The molecular weight excluding hydrogens is 252 g/mol. The first-order valence-corrected chi connectivity index (χ1v) is 6.99. The summed E-state index contributed by atoms with van der Waals surface area (Å²) in [5.41, 5.74) is 4.69. The lowest BCUT2D eigenvalue weighted by Crippen LogP contribution is -2.18. The molecule has 3 N–H and O–H groups in total. The van der Waals surface area contributed by atoms with E-state index in [4.69, 9.17) is 0 Å². The summed E-state index contributed by atoms with van der Waals surface area (Å²) >= 11 is 0. The molecule has 0 saturated heterocycles. The third-order valence-electron chi connectivity index (χ3n) is 4.70. The molecule has 102 valence electrons. The number of rotatable bonds is 0. The van der Waals surface area contributed by atoms with Crippen molar-refractivity contribution >= 4 is 0 Å². The van der Waals surface area contributed by atoms with Crippen molar-refractivity contribution in [3.8, 4) is 5.75 Å². The van der Waals surface area contributed by atoms with Crippen molar-refractivity contribution in [3.63, 3.8) is 0 Å². The van der Waals surface area contributed by atoms with Crippen LogP contribution in [0.25, 0.3) is 0 Å². The summed E-state index contributed by atoms with van der Waals surface area (Å²) in [7, 11) is 0. The molecule has 0 aromatic heterocycles. The van der Waals surface area contributed by atoms with Gasteiger partial charge in [-0.3, -0.25) is 0 Å². The number of hydrogen-bond donors (Lipinski definition) is 3. The van der Waals surface area contributed by atoms with Crippen LogP contribution in [0, 0.1) is 5.92 Å². The zero-order chi connectivity index (χ0) is 13.9. The molecule has 0 aliphatic heterocycles. The first-order valence-electron chi connectivity index (χ1n) is 6.99. The molecule has 4 rings (SSSR count). The van der Waals surface area contributed by atoms with Crippen LogP contribution in [0.4, 0.5) is 0 Å². The van der Waals surface area contributed by atoms with Crippen LogP contribution in [0.1, 0.15) is 29.9 Å². The molecule has 0 saturated carbocycles. The highest BCUT2D eigenvalue weighted by atomic mass is 16.3. The summed E-state index contributed by atoms with van der Waals surface area (Å²) in [6.45, 7) is 0. The van der Waals surface area contributed by atoms with Gasteiger partial charge in [-0.05, 0) is 59.2 Å². The molecule has 0 unspecified atom stereocenters. The van der Waals surface area contributed by atoms with Gasteiger partial charge < -0.3 is 15.3 Å². The first kappa shape index (κ1) is 11.6. The molecule has 0 bridgehead atoms. The second-order valence-corrected chi connectivity index (χ2v) is 5.86. The van der Waals surface area contributed by atoms with Gasteiger partial charge in [-0.25, -0.2) is 0 Å². The van der Waals surface area contributed by atoms with Crippen LogP contribution in [0.3, 0.4) is 0 Å². The van der Waals surface area contributed by atoms with Crippen LogP contribution in [-0.4, -0.2) is 15.3 Å². The Morgan fingerprint density at radius 1 is 1.10 bits per heavy atom. The molecule has 1 aromatic carbocycles. The van der Waals surface area contributed by atoms with Gasteiger partial charge in [-0.15, -0.1) is 0 Å².